The molecule has 1 heterocycles. The van der Waals surface area contributed by atoms with Gasteiger partial charge in [0.05, 0.1) is 0 Å². The lowest BCUT2D eigenvalue weighted by Gasteiger charge is -2.07. The molecule has 1 aromatic heterocycles. The summed E-state index contributed by atoms with van der Waals surface area (Å²) in [5.41, 5.74) is 5.77. The van der Waals surface area contributed by atoms with Crippen LogP contribution in [-0.2, 0) is 4.79 Å². The van der Waals surface area contributed by atoms with Gasteiger partial charge in [-0.25, -0.2) is 0 Å². The van der Waals surface area contributed by atoms with Crippen molar-refractivity contribution in [1.29, 1.82) is 0 Å². The molecule has 4 N–H and O–H groups in total. The van der Waals surface area contributed by atoms with Crippen molar-refractivity contribution in [3.05, 3.63) is 30.1 Å². The molecule has 1 atom stereocenters. The summed E-state index contributed by atoms with van der Waals surface area (Å²) in [4.78, 5) is 25.6. The van der Waals surface area contributed by atoms with Gasteiger partial charge in [0.25, 0.3) is 5.91 Å². The third kappa shape index (κ3) is 3.66. The smallest absolute Gasteiger partial charge is 0.320 e. The molecule has 1 unspecified atom stereocenters. The van der Waals surface area contributed by atoms with Crippen molar-refractivity contribution >= 4 is 11.9 Å². The highest BCUT2D eigenvalue weighted by Gasteiger charge is 2.11. The second kappa shape index (κ2) is 5.82. The van der Waals surface area contributed by atoms with E-state index >= 15 is 0 Å². The first-order valence-electron chi connectivity index (χ1n) is 4.78. The van der Waals surface area contributed by atoms with Gasteiger partial charge < -0.3 is 16.2 Å². The fourth-order valence-electron chi connectivity index (χ4n) is 1.07. The quantitative estimate of drug-likeness (QED) is 0.630. The Bertz CT molecular complexity index is 367. The van der Waals surface area contributed by atoms with Gasteiger partial charge in [-0.15, -0.1) is 0 Å². The van der Waals surface area contributed by atoms with Gasteiger partial charge in [-0.2, -0.15) is 0 Å². The highest BCUT2D eigenvalue weighted by Crippen LogP contribution is 1.95. The number of nitrogens with one attached hydrogen (secondary N) is 1. The van der Waals surface area contributed by atoms with E-state index in [0.29, 0.717) is 5.56 Å². The van der Waals surface area contributed by atoms with Crippen molar-refractivity contribution in [2.75, 3.05) is 6.54 Å². The van der Waals surface area contributed by atoms with Crippen LogP contribution in [0.15, 0.2) is 24.5 Å². The summed E-state index contributed by atoms with van der Waals surface area (Å²) in [6.07, 6.45) is 3.22. The van der Waals surface area contributed by atoms with Crippen LogP contribution < -0.4 is 11.1 Å². The lowest BCUT2D eigenvalue weighted by molar-refractivity contribution is -0.138. The highest BCUT2D eigenvalue weighted by atomic mass is 16.4. The van der Waals surface area contributed by atoms with E-state index in [0.717, 1.165) is 0 Å². The normalized spacial score (nSPS) is 11.8. The molecule has 0 aliphatic carbocycles. The number of hydrogen-bond acceptors (Lipinski definition) is 4. The Morgan fingerprint density at radius 3 is 2.62 bits per heavy atom. The van der Waals surface area contributed by atoms with Crippen molar-refractivity contribution in [3.63, 3.8) is 0 Å². The van der Waals surface area contributed by atoms with E-state index in [1.165, 1.54) is 12.4 Å². The number of carboxylic acids is 1. The third-order valence-electron chi connectivity index (χ3n) is 2.00. The van der Waals surface area contributed by atoms with Gasteiger partial charge in [0.15, 0.2) is 0 Å². The van der Waals surface area contributed by atoms with Crippen molar-refractivity contribution < 1.29 is 14.7 Å². The predicted octanol–water partition coefficient (Wildman–Crippen LogP) is -0.387. The molecular weight excluding hydrogens is 210 g/mol. The summed E-state index contributed by atoms with van der Waals surface area (Å²) in [5, 5.41) is 11.1. The average Bonchev–Trinajstić information content (AvgIpc) is 2.29. The van der Waals surface area contributed by atoms with Crippen LogP contribution in [0.25, 0.3) is 0 Å². The molecule has 16 heavy (non-hydrogen) atoms. The molecule has 0 fully saturated rings. The number of carbonyl (C=O) groups excluding carboxylic acids is 1. The van der Waals surface area contributed by atoms with Gasteiger partial charge in [-0.1, -0.05) is 0 Å². The van der Waals surface area contributed by atoms with Gasteiger partial charge in [0, 0.05) is 24.5 Å². The Kier molecular flexibility index (Phi) is 4.41. The van der Waals surface area contributed by atoms with Crippen LogP contribution in [0.3, 0.4) is 0 Å². The maximum Gasteiger partial charge on any atom is 0.320 e. The average molecular weight is 223 g/mol. The maximum absolute atomic E-state index is 11.5. The van der Waals surface area contributed by atoms with Crippen LogP contribution in [-0.4, -0.2) is 34.6 Å². The van der Waals surface area contributed by atoms with Crippen LogP contribution in [0.2, 0.25) is 0 Å². The Balaban J connectivity index is 2.34. The highest BCUT2D eigenvalue weighted by molar-refractivity contribution is 5.93. The fraction of sp³-hybridized carbons (Fsp3) is 0.300. The Labute approximate surface area is 92.5 Å². The molecule has 0 aliphatic heterocycles. The number of pyridine rings is 1. The van der Waals surface area contributed by atoms with Gasteiger partial charge >= 0.3 is 5.97 Å². The first-order valence-corrected chi connectivity index (χ1v) is 4.78. The predicted molar refractivity (Wildman–Crippen MR) is 56.8 cm³/mol. The zero-order chi connectivity index (χ0) is 12.0. The number of nitrogens with two attached hydrogens (primary N) is 1. The lowest BCUT2D eigenvalue weighted by Crippen LogP contribution is -2.35. The minimum absolute atomic E-state index is 0.201. The van der Waals surface area contributed by atoms with Crippen LogP contribution >= 0.6 is 0 Å². The molecule has 6 nitrogen and oxygen atoms in total. The molecule has 0 saturated carbocycles. The van der Waals surface area contributed by atoms with Gasteiger partial charge in [-0.3, -0.25) is 14.6 Å². The van der Waals surface area contributed by atoms with E-state index < -0.39 is 12.0 Å². The van der Waals surface area contributed by atoms with E-state index in [4.69, 9.17) is 10.8 Å². The third-order valence-corrected chi connectivity index (χ3v) is 2.00. The number of carboxylic acid groups (broad SMARTS) is 1. The number of aromatic nitrogens is 1. The van der Waals surface area contributed by atoms with Crippen molar-refractivity contribution in [2.45, 2.75) is 12.5 Å². The SMILES string of the molecule is NC(CCNC(=O)c1ccncc1)C(=O)O. The molecule has 0 aliphatic rings. The minimum Gasteiger partial charge on any atom is -0.480 e. The summed E-state index contributed by atoms with van der Waals surface area (Å²) in [6, 6.07) is 2.21. The number of aliphatic carboxylic acids is 1. The molecule has 0 spiro atoms. The van der Waals surface area contributed by atoms with E-state index in [9.17, 15) is 9.59 Å². The molecule has 0 saturated heterocycles. The summed E-state index contributed by atoms with van der Waals surface area (Å²) >= 11 is 0. The molecule has 1 rings (SSSR count). The zero-order valence-corrected chi connectivity index (χ0v) is 8.59. The lowest BCUT2D eigenvalue weighted by atomic mass is 10.2. The second-order valence-corrected chi connectivity index (χ2v) is 3.23. The van der Waals surface area contributed by atoms with Crippen LogP contribution in [0.1, 0.15) is 16.8 Å². The Hall–Kier alpha value is -1.95. The fourth-order valence-corrected chi connectivity index (χ4v) is 1.07. The first-order chi connectivity index (χ1) is 7.61. The summed E-state index contributed by atoms with van der Waals surface area (Å²) in [6.45, 7) is 0.231. The molecule has 6 heteroatoms. The van der Waals surface area contributed by atoms with E-state index in [1.54, 1.807) is 12.1 Å². The molecule has 86 valence electrons. The number of rotatable bonds is 5. The largest absolute Gasteiger partial charge is 0.480 e. The molecule has 0 radical (unpaired) electrons. The summed E-state index contributed by atoms with van der Waals surface area (Å²) in [5.74, 6) is -1.34. The molecular formula is C10H13N3O3. The number of hydrogen-bond donors (Lipinski definition) is 3. The topological polar surface area (TPSA) is 105 Å². The van der Waals surface area contributed by atoms with Gasteiger partial charge in [0.1, 0.15) is 6.04 Å². The molecule has 1 aromatic rings. The number of carbonyl (C=O) groups is 2. The minimum atomic E-state index is -1.07. The summed E-state index contributed by atoms with van der Waals surface area (Å²) in [7, 11) is 0. The number of amides is 1. The van der Waals surface area contributed by atoms with Crippen molar-refractivity contribution in [1.82, 2.24) is 10.3 Å². The Morgan fingerprint density at radius 2 is 2.06 bits per heavy atom. The standard InChI is InChI=1S/C10H13N3O3/c11-8(10(15)16)3-6-13-9(14)7-1-4-12-5-2-7/h1-2,4-5,8H,3,6,11H2,(H,13,14)(H,15,16). The monoisotopic (exact) mass is 223 g/mol. The van der Waals surface area contributed by atoms with Crippen LogP contribution in [0.5, 0.6) is 0 Å². The molecule has 0 aromatic carbocycles. The maximum atomic E-state index is 11.5. The summed E-state index contributed by atoms with van der Waals surface area (Å²) < 4.78 is 0. The second-order valence-electron chi connectivity index (χ2n) is 3.23. The number of nitrogens with zero attached hydrogens (tertiary/aromatic N) is 1. The van der Waals surface area contributed by atoms with Crippen molar-refractivity contribution in [3.8, 4) is 0 Å². The molecule has 1 amide bonds. The van der Waals surface area contributed by atoms with Crippen LogP contribution in [0, 0.1) is 0 Å². The van der Waals surface area contributed by atoms with E-state index in [2.05, 4.69) is 10.3 Å². The van der Waals surface area contributed by atoms with Crippen LogP contribution in [0.4, 0.5) is 0 Å². The Morgan fingerprint density at radius 1 is 1.44 bits per heavy atom. The first kappa shape index (κ1) is 12.1. The zero-order valence-electron chi connectivity index (χ0n) is 8.59. The van der Waals surface area contributed by atoms with Crippen molar-refractivity contribution in [2.24, 2.45) is 5.73 Å². The molecule has 0 bridgehead atoms. The van der Waals surface area contributed by atoms with Gasteiger partial charge in [0.2, 0.25) is 0 Å². The van der Waals surface area contributed by atoms with Gasteiger partial charge in [-0.05, 0) is 18.6 Å². The van der Waals surface area contributed by atoms with E-state index in [1.807, 2.05) is 0 Å². The van der Waals surface area contributed by atoms with E-state index in [-0.39, 0.29) is 18.9 Å².